The summed E-state index contributed by atoms with van der Waals surface area (Å²) in [6.45, 7) is 5.32. The molecule has 0 radical (unpaired) electrons. The lowest BCUT2D eigenvalue weighted by Gasteiger charge is -2.33. The third kappa shape index (κ3) is 2.00. The smallest absolute Gasteiger partial charge is 0.123 e. The molecule has 94 valence electrons. The molecule has 1 aromatic carbocycles. The van der Waals surface area contributed by atoms with Crippen LogP contribution in [0.15, 0.2) is 12.1 Å². The molecule has 0 saturated heterocycles. The summed E-state index contributed by atoms with van der Waals surface area (Å²) >= 11 is 0. The largest absolute Gasteiger partial charge is 0.496 e. The molecule has 1 aromatic rings. The Morgan fingerprint density at radius 1 is 1.24 bits per heavy atom. The summed E-state index contributed by atoms with van der Waals surface area (Å²) < 4.78 is 10.9. The Balaban J connectivity index is 2.52. The summed E-state index contributed by atoms with van der Waals surface area (Å²) in [4.78, 5) is 0. The molecule has 2 atom stereocenters. The third-order valence-electron chi connectivity index (χ3n) is 3.75. The van der Waals surface area contributed by atoms with E-state index >= 15 is 0 Å². The highest BCUT2D eigenvalue weighted by Crippen LogP contribution is 2.40. The minimum atomic E-state index is 0.453. The summed E-state index contributed by atoms with van der Waals surface area (Å²) in [6, 6.07) is 4.51. The monoisotopic (exact) mass is 235 g/mol. The quantitative estimate of drug-likeness (QED) is 0.873. The molecule has 3 nitrogen and oxygen atoms in total. The molecular weight excluding hydrogens is 214 g/mol. The van der Waals surface area contributed by atoms with E-state index in [-0.39, 0.29) is 0 Å². The highest BCUT2D eigenvalue weighted by molar-refractivity contribution is 5.52. The second-order valence-corrected chi connectivity index (χ2v) is 4.55. The van der Waals surface area contributed by atoms with Crippen molar-refractivity contribution in [2.75, 3.05) is 14.2 Å². The second-order valence-electron chi connectivity index (χ2n) is 4.55. The zero-order chi connectivity index (χ0) is 12.4. The predicted octanol–water partition coefficient (Wildman–Crippen LogP) is 2.69. The predicted molar refractivity (Wildman–Crippen MR) is 68.9 cm³/mol. The Kier molecular flexibility index (Phi) is 3.57. The molecule has 0 aliphatic carbocycles. The van der Waals surface area contributed by atoms with Gasteiger partial charge in [-0.25, -0.2) is 0 Å². The van der Waals surface area contributed by atoms with Crippen molar-refractivity contribution in [2.24, 2.45) is 0 Å². The topological polar surface area (TPSA) is 30.5 Å². The lowest BCUT2D eigenvalue weighted by Crippen LogP contribution is -2.38. The van der Waals surface area contributed by atoms with Crippen LogP contribution in [0.1, 0.15) is 37.3 Å². The Bertz CT molecular complexity index is 403. The molecule has 0 fully saturated rings. The second kappa shape index (κ2) is 4.96. The summed E-state index contributed by atoms with van der Waals surface area (Å²) in [7, 11) is 3.45. The van der Waals surface area contributed by atoms with Crippen molar-refractivity contribution in [1.29, 1.82) is 0 Å². The molecule has 1 heterocycles. The first-order valence-corrected chi connectivity index (χ1v) is 6.20. The molecule has 2 unspecified atom stereocenters. The number of benzene rings is 1. The van der Waals surface area contributed by atoms with Crippen molar-refractivity contribution in [3.63, 3.8) is 0 Å². The molecule has 2 rings (SSSR count). The molecule has 0 amide bonds. The fourth-order valence-corrected chi connectivity index (χ4v) is 2.78. The number of rotatable bonds is 3. The van der Waals surface area contributed by atoms with E-state index in [9.17, 15) is 0 Å². The SMILES string of the molecule is CCC1NCc2c(OC)ccc(OC)c2C1C. The van der Waals surface area contributed by atoms with Gasteiger partial charge >= 0.3 is 0 Å². The van der Waals surface area contributed by atoms with Crippen LogP contribution < -0.4 is 14.8 Å². The maximum absolute atomic E-state index is 5.49. The number of nitrogens with one attached hydrogen (secondary N) is 1. The lowest BCUT2D eigenvalue weighted by molar-refractivity contribution is 0.353. The Morgan fingerprint density at radius 3 is 2.47 bits per heavy atom. The van der Waals surface area contributed by atoms with Crippen LogP contribution in [0.2, 0.25) is 0 Å². The van der Waals surface area contributed by atoms with Gasteiger partial charge in [-0.3, -0.25) is 0 Å². The molecule has 0 aromatic heterocycles. The Morgan fingerprint density at radius 2 is 1.88 bits per heavy atom. The number of methoxy groups -OCH3 is 2. The van der Waals surface area contributed by atoms with E-state index in [1.54, 1.807) is 14.2 Å². The maximum atomic E-state index is 5.49. The van der Waals surface area contributed by atoms with Crippen molar-refractivity contribution in [3.05, 3.63) is 23.3 Å². The van der Waals surface area contributed by atoms with Crippen molar-refractivity contribution in [2.45, 2.75) is 38.8 Å². The normalized spacial score (nSPS) is 23.1. The minimum absolute atomic E-state index is 0.453. The van der Waals surface area contributed by atoms with Gasteiger partial charge in [-0.05, 0) is 18.6 Å². The van der Waals surface area contributed by atoms with E-state index in [1.165, 1.54) is 11.1 Å². The van der Waals surface area contributed by atoms with Crippen LogP contribution in [0.25, 0.3) is 0 Å². The first kappa shape index (κ1) is 12.2. The zero-order valence-corrected chi connectivity index (χ0v) is 11.0. The van der Waals surface area contributed by atoms with Gasteiger partial charge in [0.05, 0.1) is 14.2 Å². The van der Waals surface area contributed by atoms with Gasteiger partial charge in [0.2, 0.25) is 0 Å². The van der Waals surface area contributed by atoms with Crippen LogP contribution in [0, 0.1) is 0 Å². The molecule has 17 heavy (non-hydrogen) atoms. The molecule has 0 bridgehead atoms. The first-order chi connectivity index (χ1) is 8.22. The molecule has 1 N–H and O–H groups in total. The standard InChI is InChI=1S/C14H21NO2/c1-5-11-9(2)14-10(8-15-11)12(16-3)6-7-13(14)17-4/h6-7,9,11,15H,5,8H2,1-4H3. The average Bonchev–Trinajstić information content (AvgIpc) is 2.38. The summed E-state index contributed by atoms with van der Waals surface area (Å²) in [6.07, 6.45) is 1.13. The number of hydrogen-bond donors (Lipinski definition) is 1. The molecule has 1 aliphatic rings. The van der Waals surface area contributed by atoms with Crippen LogP contribution in [0.4, 0.5) is 0 Å². The number of ether oxygens (including phenoxy) is 2. The Labute approximate surface area is 103 Å². The van der Waals surface area contributed by atoms with Crippen molar-refractivity contribution < 1.29 is 9.47 Å². The van der Waals surface area contributed by atoms with Gasteiger partial charge in [-0.15, -0.1) is 0 Å². The highest BCUT2D eigenvalue weighted by atomic mass is 16.5. The third-order valence-corrected chi connectivity index (χ3v) is 3.75. The lowest BCUT2D eigenvalue weighted by atomic mass is 9.84. The molecule has 1 aliphatic heterocycles. The van der Waals surface area contributed by atoms with Gasteiger partial charge in [0.25, 0.3) is 0 Å². The van der Waals surface area contributed by atoms with Crippen LogP contribution in [0.3, 0.4) is 0 Å². The van der Waals surface area contributed by atoms with Crippen molar-refractivity contribution >= 4 is 0 Å². The van der Waals surface area contributed by atoms with E-state index in [0.29, 0.717) is 12.0 Å². The van der Waals surface area contributed by atoms with Gasteiger partial charge in [-0.2, -0.15) is 0 Å². The first-order valence-electron chi connectivity index (χ1n) is 6.20. The average molecular weight is 235 g/mol. The fraction of sp³-hybridized carbons (Fsp3) is 0.571. The molecular formula is C14H21NO2. The van der Waals surface area contributed by atoms with Crippen LogP contribution >= 0.6 is 0 Å². The van der Waals surface area contributed by atoms with Gasteiger partial charge < -0.3 is 14.8 Å². The minimum Gasteiger partial charge on any atom is -0.496 e. The number of hydrogen-bond acceptors (Lipinski definition) is 3. The van der Waals surface area contributed by atoms with Crippen molar-refractivity contribution in [1.82, 2.24) is 5.32 Å². The van der Waals surface area contributed by atoms with Gasteiger partial charge in [0.1, 0.15) is 11.5 Å². The Hall–Kier alpha value is -1.22. The van der Waals surface area contributed by atoms with Gasteiger partial charge in [0, 0.05) is 29.6 Å². The van der Waals surface area contributed by atoms with Gasteiger partial charge in [0.15, 0.2) is 0 Å². The van der Waals surface area contributed by atoms with Crippen LogP contribution in [-0.4, -0.2) is 20.3 Å². The van der Waals surface area contributed by atoms with E-state index in [0.717, 1.165) is 24.5 Å². The van der Waals surface area contributed by atoms with E-state index in [4.69, 9.17) is 9.47 Å². The van der Waals surface area contributed by atoms with Crippen LogP contribution in [0.5, 0.6) is 11.5 Å². The number of fused-ring (bicyclic) bond motifs is 1. The van der Waals surface area contributed by atoms with E-state index in [1.807, 2.05) is 12.1 Å². The zero-order valence-electron chi connectivity index (χ0n) is 11.0. The summed E-state index contributed by atoms with van der Waals surface area (Å²) in [5.41, 5.74) is 2.54. The highest BCUT2D eigenvalue weighted by Gasteiger charge is 2.29. The van der Waals surface area contributed by atoms with E-state index in [2.05, 4.69) is 19.2 Å². The van der Waals surface area contributed by atoms with Crippen LogP contribution in [-0.2, 0) is 6.54 Å². The molecule has 3 heteroatoms. The van der Waals surface area contributed by atoms with Gasteiger partial charge in [-0.1, -0.05) is 13.8 Å². The van der Waals surface area contributed by atoms with E-state index < -0.39 is 0 Å². The molecule has 0 saturated carbocycles. The summed E-state index contributed by atoms with van der Waals surface area (Å²) in [5, 5.41) is 3.57. The maximum Gasteiger partial charge on any atom is 0.123 e. The van der Waals surface area contributed by atoms with Crippen molar-refractivity contribution in [3.8, 4) is 11.5 Å². The molecule has 0 spiro atoms. The fourth-order valence-electron chi connectivity index (χ4n) is 2.78. The summed E-state index contributed by atoms with van der Waals surface area (Å²) in [5.74, 6) is 2.39.